The number of allylic oxidation sites excluding steroid dienone is 4. The van der Waals surface area contributed by atoms with E-state index in [0.29, 0.717) is 12.0 Å². The Morgan fingerprint density at radius 2 is 1.53 bits per heavy atom. The summed E-state index contributed by atoms with van der Waals surface area (Å²) in [5, 5.41) is 12.8. The Balaban J connectivity index is 1.92. The third kappa shape index (κ3) is 2.82. The number of aliphatic hydroxyl groups is 1. The minimum atomic E-state index is -2.00. The molecule has 204 valence electrons. The molecule has 6 bridgehead atoms. The van der Waals surface area contributed by atoms with Crippen molar-refractivity contribution >= 4 is 17.3 Å². The molecule has 0 aromatic heterocycles. The fourth-order valence-electron chi connectivity index (χ4n) is 9.07. The molecule has 1 aromatic rings. The number of hydrogen-bond acceptors (Lipinski definition) is 5. The topological polar surface area (TPSA) is 80.7 Å². The van der Waals surface area contributed by atoms with Gasteiger partial charge in [0, 0.05) is 5.56 Å². The van der Waals surface area contributed by atoms with Gasteiger partial charge in [0.05, 0.1) is 17.4 Å². The van der Waals surface area contributed by atoms with Gasteiger partial charge in [-0.1, -0.05) is 81.3 Å². The summed E-state index contributed by atoms with van der Waals surface area (Å²) in [6.45, 7) is 16.2. The van der Waals surface area contributed by atoms with E-state index in [9.17, 15) is 9.90 Å². The molecule has 1 N–H and O–H groups in total. The van der Waals surface area contributed by atoms with E-state index < -0.39 is 50.2 Å². The average molecular weight is 519 g/mol. The van der Waals surface area contributed by atoms with Crippen molar-refractivity contribution in [3.05, 3.63) is 59.2 Å². The molecule has 5 aliphatic rings. The van der Waals surface area contributed by atoms with Gasteiger partial charge in [0.2, 0.25) is 0 Å². The molecule has 6 unspecified atom stereocenters. The van der Waals surface area contributed by atoms with Gasteiger partial charge in [0.1, 0.15) is 0 Å². The van der Waals surface area contributed by atoms with E-state index in [2.05, 4.69) is 13.8 Å². The summed E-state index contributed by atoms with van der Waals surface area (Å²) in [5.74, 6) is -3.74. The zero-order chi connectivity index (χ0) is 28.1. The average Bonchev–Trinajstić information content (AvgIpc) is 2.84. The van der Waals surface area contributed by atoms with Crippen molar-refractivity contribution in [2.75, 3.05) is 6.61 Å². The molecular formula is C33H42O5. The molecule has 6 atom stereocenters. The first-order valence-corrected chi connectivity index (χ1v) is 13.9. The van der Waals surface area contributed by atoms with Gasteiger partial charge in [-0.2, -0.15) is 0 Å². The van der Waals surface area contributed by atoms with E-state index in [1.807, 2.05) is 59.8 Å². The largest absolute Gasteiger partial charge is 0.364 e. The molecule has 5 fully saturated rings. The highest BCUT2D eigenvalue weighted by Crippen LogP contribution is 2.82. The summed E-state index contributed by atoms with van der Waals surface area (Å²) in [7, 11) is 0. The monoisotopic (exact) mass is 518 g/mol. The Bertz CT molecular complexity index is 1280. The highest BCUT2D eigenvalue weighted by molar-refractivity contribution is 6.34. The zero-order valence-electron chi connectivity index (χ0n) is 24.1. The van der Waals surface area contributed by atoms with Crippen LogP contribution in [0.1, 0.15) is 85.0 Å². The van der Waals surface area contributed by atoms with Crippen LogP contribution in [0.3, 0.4) is 0 Å². The van der Waals surface area contributed by atoms with E-state index in [1.165, 1.54) is 0 Å². The number of Topliss-reactive ketones (excluding diaryl/α,β-unsaturated/α-hetero) is 3. The van der Waals surface area contributed by atoms with Crippen molar-refractivity contribution < 1.29 is 24.2 Å². The Morgan fingerprint density at radius 1 is 0.947 bits per heavy atom. The van der Waals surface area contributed by atoms with Crippen LogP contribution in [0, 0.1) is 38.9 Å². The van der Waals surface area contributed by atoms with Crippen molar-refractivity contribution in [1.82, 2.24) is 0 Å². The molecule has 4 aliphatic carbocycles. The fourth-order valence-corrected chi connectivity index (χ4v) is 9.07. The first-order chi connectivity index (χ1) is 17.6. The molecule has 1 heterocycles. The van der Waals surface area contributed by atoms with Gasteiger partial charge in [-0.15, -0.1) is 0 Å². The van der Waals surface area contributed by atoms with Gasteiger partial charge in [-0.25, -0.2) is 0 Å². The van der Waals surface area contributed by atoms with Crippen molar-refractivity contribution in [1.29, 1.82) is 0 Å². The number of benzene rings is 1. The van der Waals surface area contributed by atoms with Crippen LogP contribution >= 0.6 is 0 Å². The Labute approximate surface area is 226 Å². The van der Waals surface area contributed by atoms with Gasteiger partial charge < -0.3 is 9.84 Å². The van der Waals surface area contributed by atoms with Crippen molar-refractivity contribution in [3.8, 4) is 0 Å². The first kappa shape index (κ1) is 27.2. The van der Waals surface area contributed by atoms with Crippen LogP contribution < -0.4 is 0 Å². The third-order valence-electron chi connectivity index (χ3n) is 10.7. The third-order valence-corrected chi connectivity index (χ3v) is 10.7. The van der Waals surface area contributed by atoms with Gasteiger partial charge in [-0.3, -0.25) is 14.4 Å². The summed E-state index contributed by atoms with van der Waals surface area (Å²) in [6.07, 6.45) is 4.81. The van der Waals surface area contributed by atoms with Crippen molar-refractivity contribution in [2.24, 2.45) is 38.9 Å². The predicted octanol–water partition coefficient (Wildman–Crippen LogP) is 6.11. The Hall–Kier alpha value is -2.37. The molecule has 5 heteroatoms. The summed E-state index contributed by atoms with van der Waals surface area (Å²) in [6, 6.07) is 8.74. The molecule has 38 heavy (non-hydrogen) atoms. The Morgan fingerprint density at radius 3 is 2.11 bits per heavy atom. The summed E-state index contributed by atoms with van der Waals surface area (Å²) in [4.78, 5) is 45.1. The second-order valence-corrected chi connectivity index (χ2v) is 14.1. The van der Waals surface area contributed by atoms with Gasteiger partial charge in [0.25, 0.3) is 0 Å². The normalized spacial score (nSPS) is 39.6. The summed E-state index contributed by atoms with van der Waals surface area (Å²) >= 11 is 0. The molecule has 5 nitrogen and oxygen atoms in total. The predicted molar refractivity (Wildman–Crippen MR) is 146 cm³/mol. The van der Waals surface area contributed by atoms with E-state index in [1.54, 1.807) is 24.3 Å². The van der Waals surface area contributed by atoms with E-state index in [0.717, 1.165) is 11.1 Å². The van der Waals surface area contributed by atoms with Gasteiger partial charge >= 0.3 is 0 Å². The number of rotatable bonds is 6. The zero-order valence-corrected chi connectivity index (χ0v) is 24.1. The van der Waals surface area contributed by atoms with Crippen LogP contribution in [0.15, 0.2) is 53.6 Å². The highest BCUT2D eigenvalue weighted by atomic mass is 16.6. The van der Waals surface area contributed by atoms with Crippen LogP contribution in [-0.2, 0) is 14.3 Å². The van der Waals surface area contributed by atoms with Crippen LogP contribution in [0.25, 0.3) is 0 Å². The Kier molecular flexibility index (Phi) is 5.78. The van der Waals surface area contributed by atoms with Crippen LogP contribution in [0.5, 0.6) is 0 Å². The lowest BCUT2D eigenvalue weighted by atomic mass is 9.23. The first-order valence-electron chi connectivity index (χ1n) is 13.9. The molecule has 6 rings (SSSR count). The second kappa shape index (κ2) is 8.08. The molecule has 1 aromatic carbocycles. The molecule has 1 saturated heterocycles. The maximum absolute atomic E-state index is 15.3. The standard InChI is InChI=1S/C33H42O5/c1-20(2)14-16-30-18-23-24-28(5,6)19-38-33(30,37)31(24,17-15-21(3)4)27(36)32(26(30)35,29(23,7)8)25(34)22-12-10-9-11-13-22/h9-15,23-24,37H,16-19H2,1-8H3. The van der Waals surface area contributed by atoms with E-state index in [4.69, 9.17) is 4.74 Å². The molecule has 0 amide bonds. The lowest BCUT2D eigenvalue weighted by Gasteiger charge is -2.80. The number of carbonyl (C=O) groups is 3. The molecular weight excluding hydrogens is 476 g/mol. The number of carbonyl (C=O) groups excluding carboxylic acids is 3. The highest BCUT2D eigenvalue weighted by Gasteiger charge is 2.93. The lowest BCUT2D eigenvalue weighted by Crippen LogP contribution is -2.91. The number of ketones is 3. The number of ether oxygens (including phenoxy) is 1. The van der Waals surface area contributed by atoms with Crippen molar-refractivity contribution in [3.63, 3.8) is 0 Å². The smallest absolute Gasteiger partial charge is 0.191 e. The minimum absolute atomic E-state index is 0.138. The SMILES string of the molecule is CC(C)=CCC12CC3C4C(C)(C)COC1(O)C4(CC=C(C)C)C(=O)C(C(=O)c1ccccc1)(C2=O)C3(C)C. The summed E-state index contributed by atoms with van der Waals surface area (Å²) < 4.78 is 6.44. The molecule has 1 aliphatic heterocycles. The van der Waals surface area contributed by atoms with Crippen LogP contribution in [0.4, 0.5) is 0 Å². The van der Waals surface area contributed by atoms with Crippen molar-refractivity contribution in [2.45, 2.75) is 80.4 Å². The molecule has 4 saturated carbocycles. The second-order valence-electron chi connectivity index (χ2n) is 14.1. The maximum Gasteiger partial charge on any atom is 0.191 e. The molecule has 0 spiro atoms. The lowest BCUT2D eigenvalue weighted by molar-refractivity contribution is -0.422. The minimum Gasteiger partial charge on any atom is -0.364 e. The fraction of sp³-hybridized carbons (Fsp3) is 0.606. The van der Waals surface area contributed by atoms with Crippen LogP contribution in [0.2, 0.25) is 0 Å². The van der Waals surface area contributed by atoms with Gasteiger partial charge in [0.15, 0.2) is 28.6 Å². The number of hydrogen-bond donors (Lipinski definition) is 1. The summed E-state index contributed by atoms with van der Waals surface area (Å²) in [5.41, 5.74) is -3.71. The maximum atomic E-state index is 15.3. The quantitative estimate of drug-likeness (QED) is 0.279. The van der Waals surface area contributed by atoms with Crippen LogP contribution in [-0.4, -0.2) is 34.9 Å². The van der Waals surface area contributed by atoms with Gasteiger partial charge in [-0.05, 0) is 69.6 Å². The van der Waals surface area contributed by atoms with E-state index in [-0.39, 0.29) is 31.3 Å². The van der Waals surface area contributed by atoms with E-state index >= 15 is 9.59 Å². The molecule has 0 radical (unpaired) electrons.